The van der Waals surface area contributed by atoms with Crippen LogP contribution in [0.4, 0.5) is 13.6 Å². The van der Waals surface area contributed by atoms with E-state index < -0.39 is 23.7 Å². The number of nitrogens with zero attached hydrogens (tertiary/aromatic N) is 1. The summed E-state index contributed by atoms with van der Waals surface area (Å²) in [6.07, 6.45) is 1.32. The van der Waals surface area contributed by atoms with E-state index in [1.165, 1.54) is 23.5 Å². The molecule has 7 heteroatoms. The van der Waals surface area contributed by atoms with E-state index in [-0.39, 0.29) is 5.56 Å². The van der Waals surface area contributed by atoms with Gasteiger partial charge in [0.15, 0.2) is 0 Å². The summed E-state index contributed by atoms with van der Waals surface area (Å²) in [6.45, 7) is 2.24. The van der Waals surface area contributed by atoms with Crippen molar-refractivity contribution >= 4 is 17.4 Å². The number of hydrogen-bond acceptors (Lipinski definition) is 3. The number of amides is 2. The molecule has 1 aromatic carbocycles. The molecule has 1 aromatic heterocycles. The van der Waals surface area contributed by atoms with Gasteiger partial charge < -0.3 is 10.6 Å². The number of aromatic nitrogens is 1. The van der Waals surface area contributed by atoms with Crippen molar-refractivity contribution in [1.82, 2.24) is 15.6 Å². The van der Waals surface area contributed by atoms with E-state index >= 15 is 0 Å². The molecular weight excluding hydrogens is 308 g/mol. The van der Waals surface area contributed by atoms with Crippen molar-refractivity contribution in [2.24, 2.45) is 0 Å². The number of urea groups is 1. The number of carbonyl (C=O) groups is 1. The van der Waals surface area contributed by atoms with Crippen molar-refractivity contribution in [3.63, 3.8) is 0 Å². The average Bonchev–Trinajstić information content (AvgIpc) is 2.98. The van der Waals surface area contributed by atoms with E-state index in [1.807, 2.05) is 12.3 Å². The maximum absolute atomic E-state index is 13.9. The number of carbonyl (C=O) groups excluding carboxylic acids is 1. The van der Waals surface area contributed by atoms with Gasteiger partial charge in [-0.25, -0.2) is 18.6 Å². The molecule has 0 fully saturated rings. The SMILES string of the molecule is CCCC(NC(=O)NCc1cscn1)c1ccc(F)cc1F. The second kappa shape index (κ2) is 7.84. The fraction of sp³-hybridized carbons (Fsp3) is 0.333. The third kappa shape index (κ3) is 4.49. The molecule has 118 valence electrons. The monoisotopic (exact) mass is 325 g/mol. The van der Waals surface area contributed by atoms with Gasteiger partial charge in [-0.05, 0) is 12.5 Å². The molecule has 1 heterocycles. The van der Waals surface area contributed by atoms with Crippen LogP contribution in [0.25, 0.3) is 0 Å². The average molecular weight is 325 g/mol. The quantitative estimate of drug-likeness (QED) is 0.849. The summed E-state index contributed by atoms with van der Waals surface area (Å²) < 4.78 is 26.9. The van der Waals surface area contributed by atoms with E-state index in [0.29, 0.717) is 13.0 Å². The molecule has 0 bridgehead atoms. The van der Waals surface area contributed by atoms with E-state index in [4.69, 9.17) is 0 Å². The molecule has 0 radical (unpaired) electrons. The highest BCUT2D eigenvalue weighted by molar-refractivity contribution is 7.07. The Labute approximate surface area is 131 Å². The molecule has 0 spiro atoms. The van der Waals surface area contributed by atoms with Gasteiger partial charge in [-0.2, -0.15) is 0 Å². The number of thiazole rings is 1. The van der Waals surface area contributed by atoms with Crippen LogP contribution in [0.3, 0.4) is 0 Å². The molecular formula is C15H17F2N3OS. The maximum atomic E-state index is 13.9. The van der Waals surface area contributed by atoms with Gasteiger partial charge in [0.05, 0.1) is 23.8 Å². The minimum atomic E-state index is -0.654. The topological polar surface area (TPSA) is 54.0 Å². The molecule has 2 N–H and O–H groups in total. The summed E-state index contributed by atoms with van der Waals surface area (Å²) in [6, 6.07) is 2.48. The Hall–Kier alpha value is -2.02. The Morgan fingerprint density at radius 3 is 2.86 bits per heavy atom. The molecule has 0 saturated heterocycles. The molecule has 1 atom stereocenters. The Bertz CT molecular complexity index is 619. The van der Waals surface area contributed by atoms with Crippen LogP contribution < -0.4 is 10.6 Å². The van der Waals surface area contributed by atoms with Crippen LogP contribution >= 0.6 is 11.3 Å². The zero-order valence-corrected chi connectivity index (χ0v) is 12.9. The predicted molar refractivity (Wildman–Crippen MR) is 81.5 cm³/mol. The molecule has 22 heavy (non-hydrogen) atoms. The molecule has 1 unspecified atom stereocenters. The van der Waals surface area contributed by atoms with Gasteiger partial charge in [-0.3, -0.25) is 0 Å². The zero-order chi connectivity index (χ0) is 15.9. The lowest BCUT2D eigenvalue weighted by Gasteiger charge is -2.19. The second-order valence-electron chi connectivity index (χ2n) is 4.81. The third-order valence-corrected chi connectivity index (χ3v) is 3.77. The van der Waals surface area contributed by atoms with Crippen LogP contribution in [0.1, 0.15) is 37.1 Å². The largest absolute Gasteiger partial charge is 0.332 e. The molecule has 4 nitrogen and oxygen atoms in total. The van der Waals surface area contributed by atoms with Crippen molar-refractivity contribution in [3.05, 3.63) is 52.0 Å². The van der Waals surface area contributed by atoms with Gasteiger partial charge in [-0.1, -0.05) is 19.4 Å². The summed E-state index contributed by atoms with van der Waals surface area (Å²) >= 11 is 1.45. The lowest BCUT2D eigenvalue weighted by atomic mass is 10.0. The van der Waals surface area contributed by atoms with Crippen LogP contribution in [-0.2, 0) is 6.54 Å². The number of benzene rings is 1. The van der Waals surface area contributed by atoms with Crippen molar-refractivity contribution < 1.29 is 13.6 Å². The Kier molecular flexibility index (Phi) is 5.83. The highest BCUT2D eigenvalue weighted by Gasteiger charge is 2.18. The van der Waals surface area contributed by atoms with Crippen molar-refractivity contribution in [3.8, 4) is 0 Å². The third-order valence-electron chi connectivity index (χ3n) is 3.13. The normalized spacial score (nSPS) is 12.0. The molecule has 2 rings (SSSR count). The highest BCUT2D eigenvalue weighted by atomic mass is 32.1. The van der Waals surface area contributed by atoms with Crippen molar-refractivity contribution in [2.75, 3.05) is 0 Å². The van der Waals surface area contributed by atoms with Crippen LogP contribution in [0.2, 0.25) is 0 Å². The molecule has 0 aliphatic carbocycles. The van der Waals surface area contributed by atoms with Crippen LogP contribution in [0, 0.1) is 11.6 Å². The van der Waals surface area contributed by atoms with Gasteiger partial charge in [0.1, 0.15) is 11.6 Å². The van der Waals surface area contributed by atoms with E-state index in [2.05, 4.69) is 15.6 Å². The molecule has 0 aliphatic heterocycles. The van der Waals surface area contributed by atoms with Crippen LogP contribution in [0.5, 0.6) is 0 Å². The molecule has 0 saturated carbocycles. The van der Waals surface area contributed by atoms with Crippen molar-refractivity contribution in [2.45, 2.75) is 32.4 Å². The first-order chi connectivity index (χ1) is 10.6. The maximum Gasteiger partial charge on any atom is 0.315 e. The number of halogens is 2. The Morgan fingerprint density at radius 2 is 2.23 bits per heavy atom. The first-order valence-electron chi connectivity index (χ1n) is 6.96. The van der Waals surface area contributed by atoms with Crippen LogP contribution in [-0.4, -0.2) is 11.0 Å². The first-order valence-corrected chi connectivity index (χ1v) is 7.90. The van der Waals surface area contributed by atoms with Crippen LogP contribution in [0.15, 0.2) is 29.1 Å². The summed E-state index contributed by atoms with van der Waals surface area (Å²) in [5.41, 5.74) is 2.73. The van der Waals surface area contributed by atoms with E-state index in [0.717, 1.165) is 18.2 Å². The Balaban J connectivity index is 1.99. The van der Waals surface area contributed by atoms with E-state index in [9.17, 15) is 13.6 Å². The fourth-order valence-electron chi connectivity index (χ4n) is 2.08. The first kappa shape index (κ1) is 16.4. The minimum Gasteiger partial charge on any atom is -0.332 e. The standard InChI is InChI=1S/C15H17F2N3OS/c1-2-3-14(12-5-4-10(16)6-13(12)17)20-15(21)18-7-11-8-22-9-19-11/h4-6,8-9,14H,2-3,7H2,1H3,(H2,18,20,21). The zero-order valence-electron chi connectivity index (χ0n) is 12.1. The number of rotatable bonds is 6. The van der Waals surface area contributed by atoms with Gasteiger partial charge >= 0.3 is 6.03 Å². The van der Waals surface area contributed by atoms with Gasteiger partial charge in [-0.15, -0.1) is 11.3 Å². The summed E-state index contributed by atoms with van der Waals surface area (Å²) in [5.74, 6) is -1.29. The smallest absolute Gasteiger partial charge is 0.315 e. The predicted octanol–water partition coefficient (Wildman–Crippen LogP) is 3.76. The summed E-state index contributed by atoms with van der Waals surface area (Å²) in [7, 11) is 0. The lowest BCUT2D eigenvalue weighted by Crippen LogP contribution is -2.38. The van der Waals surface area contributed by atoms with Gasteiger partial charge in [0.25, 0.3) is 0 Å². The number of hydrogen-bond donors (Lipinski definition) is 2. The molecule has 2 aromatic rings. The minimum absolute atomic E-state index is 0.284. The summed E-state index contributed by atoms with van der Waals surface area (Å²) in [5, 5.41) is 7.23. The summed E-state index contributed by atoms with van der Waals surface area (Å²) in [4.78, 5) is 16.0. The van der Waals surface area contributed by atoms with Gasteiger partial charge in [0.2, 0.25) is 0 Å². The lowest BCUT2D eigenvalue weighted by molar-refractivity contribution is 0.235. The number of nitrogens with one attached hydrogen (secondary N) is 2. The molecule has 2 amide bonds. The van der Waals surface area contributed by atoms with E-state index in [1.54, 1.807) is 5.51 Å². The second-order valence-corrected chi connectivity index (χ2v) is 5.53. The Morgan fingerprint density at radius 1 is 1.41 bits per heavy atom. The molecule has 0 aliphatic rings. The highest BCUT2D eigenvalue weighted by Crippen LogP contribution is 2.22. The van der Waals surface area contributed by atoms with Crippen molar-refractivity contribution in [1.29, 1.82) is 0 Å². The van der Waals surface area contributed by atoms with Gasteiger partial charge in [0, 0.05) is 17.0 Å². The fourth-order valence-corrected chi connectivity index (χ4v) is 2.64.